The van der Waals surface area contributed by atoms with Crippen LogP contribution in [0.5, 0.6) is 5.75 Å². The Kier molecular flexibility index (Phi) is 5.23. The van der Waals surface area contributed by atoms with Gasteiger partial charge in [0.1, 0.15) is 11.8 Å². The molecular weight excluding hydrogens is 376 g/mol. The molecule has 154 valence electrons. The fraction of sp³-hybridized carbons (Fsp3) is 0.500. The molecule has 0 saturated carbocycles. The van der Waals surface area contributed by atoms with Gasteiger partial charge in [-0.15, -0.1) is 0 Å². The summed E-state index contributed by atoms with van der Waals surface area (Å²) in [4.78, 5) is 52.2. The second-order valence-corrected chi connectivity index (χ2v) is 7.61. The van der Waals surface area contributed by atoms with Gasteiger partial charge in [-0.05, 0) is 25.5 Å². The third kappa shape index (κ3) is 3.69. The molecule has 0 spiro atoms. The third-order valence-corrected chi connectivity index (χ3v) is 5.71. The zero-order valence-electron chi connectivity index (χ0n) is 16.3. The highest BCUT2D eigenvalue weighted by Gasteiger charge is 2.40. The summed E-state index contributed by atoms with van der Waals surface area (Å²) in [6, 6.07) is 4.55. The molecule has 3 aliphatic rings. The Hall–Kier alpha value is -2.94. The zero-order chi connectivity index (χ0) is 20.5. The number of imide groups is 1. The molecule has 2 fully saturated rings. The van der Waals surface area contributed by atoms with Crippen LogP contribution in [-0.2, 0) is 20.9 Å². The molecule has 0 radical (unpaired) electrons. The summed E-state index contributed by atoms with van der Waals surface area (Å²) in [7, 11) is 0. The summed E-state index contributed by atoms with van der Waals surface area (Å²) in [6.45, 7) is 4.25. The van der Waals surface area contributed by atoms with Gasteiger partial charge in [-0.1, -0.05) is 6.07 Å². The summed E-state index contributed by atoms with van der Waals surface area (Å²) in [5, 5.41) is 5.53. The molecule has 0 aromatic heterocycles. The van der Waals surface area contributed by atoms with Crippen LogP contribution < -0.4 is 15.4 Å². The van der Waals surface area contributed by atoms with Crippen molar-refractivity contribution in [1.29, 1.82) is 0 Å². The van der Waals surface area contributed by atoms with Crippen molar-refractivity contribution in [3.05, 3.63) is 29.3 Å². The number of amides is 4. The lowest BCUT2D eigenvalue weighted by Crippen LogP contribution is -2.53. The van der Waals surface area contributed by atoms with Gasteiger partial charge in [0.05, 0.1) is 6.54 Å². The molecule has 4 rings (SSSR count). The number of rotatable bonds is 4. The van der Waals surface area contributed by atoms with Crippen LogP contribution in [0.25, 0.3) is 0 Å². The van der Waals surface area contributed by atoms with Crippen LogP contribution in [-0.4, -0.2) is 71.8 Å². The molecule has 9 heteroatoms. The fourth-order valence-corrected chi connectivity index (χ4v) is 4.13. The van der Waals surface area contributed by atoms with Crippen LogP contribution >= 0.6 is 0 Å². The summed E-state index contributed by atoms with van der Waals surface area (Å²) >= 11 is 0. The molecule has 0 bridgehead atoms. The van der Waals surface area contributed by atoms with Gasteiger partial charge in [0.2, 0.25) is 11.8 Å². The maximum atomic E-state index is 12.8. The smallest absolute Gasteiger partial charge is 0.260 e. The van der Waals surface area contributed by atoms with Gasteiger partial charge in [-0.2, -0.15) is 0 Å². The Bertz CT molecular complexity index is 870. The lowest BCUT2D eigenvalue weighted by Gasteiger charge is -2.33. The number of fused-ring (bicyclic) bond motifs is 1. The Morgan fingerprint density at radius 1 is 1.28 bits per heavy atom. The third-order valence-electron chi connectivity index (χ3n) is 5.71. The first kappa shape index (κ1) is 19.4. The second-order valence-electron chi connectivity index (χ2n) is 7.61. The normalized spacial score (nSPS) is 24.4. The van der Waals surface area contributed by atoms with Crippen molar-refractivity contribution in [3.8, 4) is 5.75 Å². The van der Waals surface area contributed by atoms with E-state index in [9.17, 15) is 19.2 Å². The fourth-order valence-electron chi connectivity index (χ4n) is 4.13. The molecule has 29 heavy (non-hydrogen) atoms. The van der Waals surface area contributed by atoms with E-state index in [-0.39, 0.29) is 43.3 Å². The van der Waals surface area contributed by atoms with Gasteiger partial charge in [0.25, 0.3) is 11.8 Å². The molecule has 4 amide bonds. The van der Waals surface area contributed by atoms with Gasteiger partial charge >= 0.3 is 0 Å². The monoisotopic (exact) mass is 400 g/mol. The second kappa shape index (κ2) is 7.82. The molecule has 9 nitrogen and oxygen atoms in total. The topological polar surface area (TPSA) is 108 Å². The molecular formula is C20H24N4O5. The number of piperazine rings is 1. The van der Waals surface area contributed by atoms with E-state index in [1.54, 1.807) is 23.1 Å². The number of carbonyl (C=O) groups is 4. The summed E-state index contributed by atoms with van der Waals surface area (Å²) in [5.41, 5.74) is 1.14. The van der Waals surface area contributed by atoms with Crippen LogP contribution in [0.15, 0.2) is 18.2 Å². The standard InChI is InChI=1S/C20H24N4O5/c1-12-9-21-7-8-23(12)18(26)11-29-16-4-2-3-13-14(16)10-24(20(13)28)15-5-6-17(25)22-19(15)27/h2-4,12,15,21H,5-11H2,1H3,(H,22,25,27)/t12-,15?/m1/s1. The van der Waals surface area contributed by atoms with Crippen molar-refractivity contribution >= 4 is 23.6 Å². The number of benzene rings is 1. The molecule has 1 unspecified atom stereocenters. The zero-order valence-corrected chi connectivity index (χ0v) is 16.3. The Morgan fingerprint density at radius 2 is 2.10 bits per heavy atom. The van der Waals surface area contributed by atoms with E-state index < -0.39 is 11.9 Å². The van der Waals surface area contributed by atoms with E-state index in [1.807, 2.05) is 6.92 Å². The highest BCUT2D eigenvalue weighted by Crippen LogP contribution is 2.33. The molecule has 1 aromatic carbocycles. The average molecular weight is 400 g/mol. The Labute approximate surface area is 168 Å². The molecule has 2 saturated heterocycles. The largest absolute Gasteiger partial charge is 0.483 e. The van der Waals surface area contributed by atoms with Crippen LogP contribution in [0.4, 0.5) is 0 Å². The van der Waals surface area contributed by atoms with Crippen molar-refractivity contribution < 1.29 is 23.9 Å². The highest BCUT2D eigenvalue weighted by molar-refractivity contribution is 6.05. The number of ether oxygens (including phenoxy) is 1. The summed E-state index contributed by atoms with van der Waals surface area (Å²) < 4.78 is 5.79. The molecule has 1 aromatic rings. The van der Waals surface area contributed by atoms with Gasteiger partial charge < -0.3 is 19.9 Å². The molecule has 3 heterocycles. The first-order valence-corrected chi connectivity index (χ1v) is 9.85. The van der Waals surface area contributed by atoms with Crippen molar-refractivity contribution in [3.63, 3.8) is 0 Å². The van der Waals surface area contributed by atoms with E-state index in [2.05, 4.69) is 10.6 Å². The minimum Gasteiger partial charge on any atom is -0.483 e. The van der Waals surface area contributed by atoms with Crippen molar-refractivity contribution in [2.24, 2.45) is 0 Å². The lowest BCUT2D eigenvalue weighted by molar-refractivity contribution is -0.137. The van der Waals surface area contributed by atoms with Crippen molar-refractivity contribution in [2.75, 3.05) is 26.2 Å². The predicted molar refractivity (Wildman–Crippen MR) is 102 cm³/mol. The minimum absolute atomic E-state index is 0.0945. The molecule has 0 aliphatic carbocycles. The van der Waals surface area contributed by atoms with E-state index in [0.29, 0.717) is 29.8 Å². The van der Waals surface area contributed by atoms with Crippen molar-refractivity contribution in [2.45, 2.75) is 38.4 Å². The number of hydrogen-bond acceptors (Lipinski definition) is 6. The van der Waals surface area contributed by atoms with Crippen LogP contribution in [0, 0.1) is 0 Å². The summed E-state index contributed by atoms with van der Waals surface area (Å²) in [6.07, 6.45) is 0.511. The van der Waals surface area contributed by atoms with Gasteiger partial charge in [-0.3, -0.25) is 24.5 Å². The maximum Gasteiger partial charge on any atom is 0.260 e. The maximum absolute atomic E-state index is 12.8. The molecule has 2 N–H and O–H groups in total. The van der Waals surface area contributed by atoms with Crippen LogP contribution in [0.3, 0.4) is 0 Å². The average Bonchev–Trinajstić information content (AvgIpc) is 3.04. The van der Waals surface area contributed by atoms with Crippen LogP contribution in [0.2, 0.25) is 0 Å². The number of carbonyl (C=O) groups excluding carboxylic acids is 4. The quantitative estimate of drug-likeness (QED) is 0.669. The van der Waals surface area contributed by atoms with E-state index in [4.69, 9.17) is 4.74 Å². The first-order valence-electron chi connectivity index (χ1n) is 9.85. The number of piperidine rings is 1. The van der Waals surface area contributed by atoms with E-state index in [0.717, 1.165) is 13.1 Å². The molecule has 2 atom stereocenters. The van der Waals surface area contributed by atoms with Gasteiger partial charge in [0, 0.05) is 43.2 Å². The Balaban J connectivity index is 1.46. The molecule has 3 aliphatic heterocycles. The SMILES string of the molecule is C[C@@H]1CNCCN1C(=O)COc1cccc2c1CN(C1CCC(=O)NC1=O)C2=O. The summed E-state index contributed by atoms with van der Waals surface area (Å²) in [5.74, 6) is -0.653. The lowest BCUT2D eigenvalue weighted by atomic mass is 10.0. The van der Waals surface area contributed by atoms with Crippen molar-refractivity contribution in [1.82, 2.24) is 20.4 Å². The van der Waals surface area contributed by atoms with E-state index in [1.165, 1.54) is 4.90 Å². The van der Waals surface area contributed by atoms with E-state index >= 15 is 0 Å². The predicted octanol–water partition coefficient (Wildman–Crippen LogP) is -0.353. The number of hydrogen-bond donors (Lipinski definition) is 2. The van der Waals surface area contributed by atoms with Crippen LogP contribution in [0.1, 0.15) is 35.7 Å². The Morgan fingerprint density at radius 3 is 2.86 bits per heavy atom. The van der Waals surface area contributed by atoms with Gasteiger partial charge in [-0.25, -0.2) is 0 Å². The number of nitrogens with one attached hydrogen (secondary N) is 2. The van der Waals surface area contributed by atoms with Gasteiger partial charge in [0.15, 0.2) is 6.61 Å². The number of nitrogens with zero attached hydrogens (tertiary/aromatic N) is 2. The minimum atomic E-state index is -0.677. The first-order chi connectivity index (χ1) is 14.0. The highest BCUT2D eigenvalue weighted by atomic mass is 16.5.